The Labute approximate surface area is 188 Å². The number of aromatic amines is 1. The monoisotopic (exact) mass is 588 g/mol. The van der Waals surface area contributed by atoms with Crippen LogP contribution in [0.1, 0.15) is 6.23 Å². The lowest BCUT2D eigenvalue weighted by Crippen LogP contribution is -2.54. The number of rotatable bonds is 8. The Morgan fingerprint density at radius 2 is 1.74 bits per heavy atom. The fourth-order valence-electron chi connectivity index (χ4n) is 2.57. The molecular weight excluding hydrogens is 576 g/mol. The van der Waals surface area contributed by atoms with Gasteiger partial charge in [-0.15, -0.1) is 0 Å². The fourth-order valence-corrected chi connectivity index (χ4v) is 5.84. The smallest absolute Gasteiger partial charge is 0.386 e. The molecule has 24 heteroatoms. The minimum atomic E-state index is -5.99. The topological polar surface area (TPSA) is 227 Å². The van der Waals surface area contributed by atoms with Gasteiger partial charge in [0.25, 0.3) is 11.2 Å². The summed E-state index contributed by atoms with van der Waals surface area (Å²) in [5.41, 5.74) is -6.26. The van der Waals surface area contributed by atoms with Crippen LogP contribution in [0, 0.1) is 10.6 Å². The molecule has 0 aliphatic carbocycles. The van der Waals surface area contributed by atoms with Crippen LogP contribution >= 0.6 is 35.7 Å². The van der Waals surface area contributed by atoms with Crippen molar-refractivity contribution in [2.45, 2.75) is 30.3 Å². The molecule has 196 valence electrons. The first-order valence-electron chi connectivity index (χ1n) is 7.98. The average Bonchev–Trinajstić information content (AvgIpc) is 2.85. The lowest BCUT2D eigenvalue weighted by molar-refractivity contribution is -0.274. The van der Waals surface area contributed by atoms with Crippen molar-refractivity contribution in [1.29, 1.82) is 0 Å². The molecule has 0 saturated carbocycles. The Balaban J connectivity index is 2.33. The molecule has 1 aliphatic rings. The number of phosphoric acid groups is 3. The van der Waals surface area contributed by atoms with E-state index in [1.165, 1.54) is 0 Å². The molecule has 0 spiro atoms. The Kier molecular flexibility index (Phi) is 8.20. The number of aliphatic hydroxyl groups excluding tert-OH is 1. The highest BCUT2D eigenvalue weighted by Gasteiger charge is 2.73. The van der Waals surface area contributed by atoms with E-state index in [0.29, 0.717) is 0 Å². The van der Waals surface area contributed by atoms with Crippen LogP contribution < -0.4 is 5.56 Å². The standard InChI is InChI=1S/C10H12F5N2O13P3S/c11-3-1-17(8(34)16-6(3)19)7-9(12,10(13,14)15)5(18)4(28-7)2-27-32(23,24)30-33(25,26)29-31(20,21)22/h1,4-5,7,18H,2H2,(H,23,24)(H,25,26)(H,16,19,34)(H2,20,21,22)/t4-,5?,7-,9?/m1/s1. The zero-order valence-electron chi connectivity index (χ0n) is 15.6. The zero-order valence-corrected chi connectivity index (χ0v) is 19.1. The molecule has 1 aromatic heterocycles. The van der Waals surface area contributed by atoms with E-state index in [0.717, 1.165) is 0 Å². The predicted molar refractivity (Wildman–Crippen MR) is 95.5 cm³/mol. The molecule has 1 aliphatic heterocycles. The van der Waals surface area contributed by atoms with Crippen molar-refractivity contribution in [1.82, 2.24) is 9.55 Å². The van der Waals surface area contributed by atoms with Gasteiger partial charge in [-0.1, -0.05) is 0 Å². The molecule has 0 amide bonds. The second kappa shape index (κ2) is 9.51. The Bertz CT molecular complexity index is 1200. The number of hydrogen-bond acceptors (Lipinski definition) is 10. The maximum Gasteiger partial charge on any atom is 0.490 e. The summed E-state index contributed by atoms with van der Waals surface area (Å²) in [4.78, 5) is 48.0. The SMILES string of the molecule is O=c1[nH]c(=S)n([C@@H]2O[C@H](COP(=O)(O)OP(=O)(O)OP(=O)(O)O)C(O)C2(F)C(F)(F)F)cc1F. The van der Waals surface area contributed by atoms with Crippen LogP contribution in [-0.4, -0.2) is 64.9 Å². The van der Waals surface area contributed by atoms with E-state index < -0.39 is 76.5 Å². The summed E-state index contributed by atoms with van der Waals surface area (Å²) in [5, 5.41) is 9.92. The summed E-state index contributed by atoms with van der Waals surface area (Å²) in [6.07, 6.45) is -14.7. The van der Waals surface area contributed by atoms with Crippen LogP contribution in [0.4, 0.5) is 22.0 Å². The fraction of sp³-hybridized carbons (Fsp3) is 0.600. The number of phosphoric ester groups is 1. The quantitative estimate of drug-likeness (QED) is 0.141. The summed E-state index contributed by atoms with van der Waals surface area (Å²) in [7, 11) is -17.6. The highest BCUT2D eigenvalue weighted by Crippen LogP contribution is 2.66. The molecule has 1 aromatic rings. The molecule has 15 nitrogen and oxygen atoms in total. The number of alkyl halides is 4. The summed E-state index contributed by atoms with van der Waals surface area (Å²) in [6, 6.07) is 0. The van der Waals surface area contributed by atoms with Crippen molar-refractivity contribution in [2.75, 3.05) is 6.61 Å². The van der Waals surface area contributed by atoms with Gasteiger partial charge in [0, 0.05) is 0 Å². The molecule has 6 N–H and O–H groups in total. The molecule has 6 atom stereocenters. The third-order valence-electron chi connectivity index (χ3n) is 3.87. The normalized spacial score (nSPS) is 29.5. The number of halogens is 5. The molecule has 1 fully saturated rings. The highest BCUT2D eigenvalue weighted by molar-refractivity contribution is 7.71. The lowest BCUT2D eigenvalue weighted by atomic mass is 9.95. The van der Waals surface area contributed by atoms with Crippen molar-refractivity contribution in [2.24, 2.45) is 0 Å². The van der Waals surface area contributed by atoms with Gasteiger partial charge in [0.1, 0.15) is 12.2 Å². The maximum atomic E-state index is 15.1. The molecule has 1 saturated heterocycles. The zero-order chi connectivity index (χ0) is 26.5. The van der Waals surface area contributed by atoms with Crippen LogP contribution in [0.3, 0.4) is 0 Å². The number of nitrogens with zero attached hydrogens (tertiary/aromatic N) is 1. The minimum absolute atomic E-state index is 0.0311. The van der Waals surface area contributed by atoms with E-state index in [1.54, 1.807) is 4.98 Å². The molecule has 4 unspecified atom stereocenters. The minimum Gasteiger partial charge on any atom is -0.386 e. The molecule has 34 heavy (non-hydrogen) atoms. The molecule has 0 aromatic carbocycles. The van der Waals surface area contributed by atoms with E-state index in [4.69, 9.17) is 14.7 Å². The van der Waals surface area contributed by atoms with Gasteiger partial charge >= 0.3 is 29.6 Å². The number of aliphatic hydroxyl groups is 1. The molecule has 0 radical (unpaired) electrons. The van der Waals surface area contributed by atoms with Crippen molar-refractivity contribution < 1.29 is 78.2 Å². The van der Waals surface area contributed by atoms with E-state index in [2.05, 4.69) is 30.1 Å². The van der Waals surface area contributed by atoms with Crippen molar-refractivity contribution in [3.05, 3.63) is 27.1 Å². The van der Waals surface area contributed by atoms with Gasteiger partial charge in [-0.05, 0) is 12.2 Å². The average molecular weight is 588 g/mol. The molecular formula is C10H12F5N2O13P3S. The second-order valence-corrected chi connectivity index (χ2v) is 11.1. The summed E-state index contributed by atoms with van der Waals surface area (Å²) < 4.78 is 117. The van der Waals surface area contributed by atoms with Gasteiger partial charge < -0.3 is 29.4 Å². The van der Waals surface area contributed by atoms with Gasteiger partial charge in [-0.2, -0.15) is 26.2 Å². The van der Waals surface area contributed by atoms with Gasteiger partial charge in [0.05, 0.1) is 12.8 Å². The largest absolute Gasteiger partial charge is 0.490 e. The van der Waals surface area contributed by atoms with Crippen LogP contribution in [0.2, 0.25) is 0 Å². The maximum absolute atomic E-state index is 15.1. The predicted octanol–water partition coefficient (Wildman–Crippen LogP) is 0.917. The van der Waals surface area contributed by atoms with Crippen LogP contribution in [0.25, 0.3) is 0 Å². The van der Waals surface area contributed by atoms with Gasteiger partial charge in [0.15, 0.2) is 11.0 Å². The first kappa shape index (κ1) is 29.3. The van der Waals surface area contributed by atoms with Crippen molar-refractivity contribution in [3.63, 3.8) is 0 Å². The van der Waals surface area contributed by atoms with Crippen LogP contribution in [-0.2, 0) is 31.6 Å². The van der Waals surface area contributed by atoms with E-state index in [-0.39, 0.29) is 10.8 Å². The first-order valence-corrected chi connectivity index (χ1v) is 12.9. The highest BCUT2D eigenvalue weighted by atomic mass is 32.1. The van der Waals surface area contributed by atoms with E-state index in [1.807, 2.05) is 0 Å². The number of H-pyrrole nitrogens is 1. The van der Waals surface area contributed by atoms with E-state index in [9.17, 15) is 46.1 Å². The second-order valence-electron chi connectivity index (χ2n) is 6.27. The third-order valence-corrected chi connectivity index (χ3v) is 7.99. The Hall–Kier alpha value is -0.920. The van der Waals surface area contributed by atoms with Crippen LogP contribution in [0.5, 0.6) is 0 Å². The van der Waals surface area contributed by atoms with Gasteiger partial charge in [-0.3, -0.25) is 18.9 Å². The van der Waals surface area contributed by atoms with Crippen molar-refractivity contribution in [3.8, 4) is 0 Å². The van der Waals surface area contributed by atoms with Gasteiger partial charge in [-0.25, -0.2) is 18.1 Å². The summed E-state index contributed by atoms with van der Waals surface area (Å²) >= 11 is 4.54. The number of ether oxygens (including phenoxy) is 1. The van der Waals surface area contributed by atoms with Crippen molar-refractivity contribution >= 4 is 35.7 Å². The Morgan fingerprint density at radius 1 is 1.18 bits per heavy atom. The first-order chi connectivity index (χ1) is 15.1. The number of aromatic nitrogens is 2. The lowest BCUT2D eigenvalue weighted by Gasteiger charge is -2.31. The molecule has 2 rings (SSSR count). The number of nitrogens with one attached hydrogen (secondary N) is 1. The summed E-state index contributed by atoms with van der Waals surface area (Å²) in [6.45, 7) is -1.68. The molecule has 2 heterocycles. The van der Waals surface area contributed by atoms with Gasteiger partial charge in [0.2, 0.25) is 5.82 Å². The Morgan fingerprint density at radius 3 is 2.24 bits per heavy atom. The molecule has 0 bridgehead atoms. The van der Waals surface area contributed by atoms with E-state index >= 15 is 4.39 Å². The summed E-state index contributed by atoms with van der Waals surface area (Å²) in [5.74, 6) is -1.73. The number of hydrogen-bond donors (Lipinski definition) is 6. The third kappa shape index (κ3) is 6.44. The van der Waals surface area contributed by atoms with Crippen LogP contribution in [0.15, 0.2) is 11.0 Å².